The number of rotatable bonds is 5. The molecule has 0 spiro atoms. The van der Waals surface area contributed by atoms with E-state index in [1.165, 1.54) is 12.4 Å². The molecule has 3 aromatic heterocycles. The highest BCUT2D eigenvalue weighted by molar-refractivity contribution is 6.04. The summed E-state index contributed by atoms with van der Waals surface area (Å²) >= 11 is 0. The Morgan fingerprint density at radius 3 is 2.59 bits per heavy atom. The Labute approximate surface area is 220 Å². The molecular formula is C28H19N7O4. The molecule has 0 aliphatic heterocycles. The highest BCUT2D eigenvalue weighted by atomic mass is 16.4. The maximum atomic E-state index is 12.6. The highest BCUT2D eigenvalue weighted by Crippen LogP contribution is 2.31. The molecule has 0 fully saturated rings. The average molecular weight is 518 g/mol. The molecule has 0 radical (unpaired) electrons. The van der Waals surface area contributed by atoms with Gasteiger partial charge in [0, 0.05) is 40.1 Å². The average Bonchev–Trinajstić information content (AvgIpc) is 3.37. The fourth-order valence-corrected chi connectivity index (χ4v) is 4.18. The summed E-state index contributed by atoms with van der Waals surface area (Å²) in [6.45, 7) is 0. The van der Waals surface area contributed by atoms with E-state index in [0.29, 0.717) is 55.9 Å². The number of aromatic hydroxyl groups is 1. The number of anilines is 3. The molecule has 0 saturated heterocycles. The molecule has 6 rings (SSSR count). The van der Waals surface area contributed by atoms with Gasteiger partial charge in [0.15, 0.2) is 5.82 Å². The summed E-state index contributed by atoms with van der Waals surface area (Å²) < 4.78 is 0.898. The molecule has 11 nitrogen and oxygen atoms in total. The lowest BCUT2D eigenvalue weighted by Gasteiger charge is -2.12. The number of nitrogens with zero attached hydrogens (tertiary/aromatic N) is 5. The number of hydrogen-bond donors (Lipinski definition) is 4. The molecular weight excluding hydrogens is 498 g/mol. The summed E-state index contributed by atoms with van der Waals surface area (Å²) in [7, 11) is 0. The van der Waals surface area contributed by atoms with Crippen LogP contribution in [-0.2, 0) is 0 Å². The quantitative estimate of drug-likeness (QED) is 0.239. The minimum Gasteiger partial charge on any atom is -0.508 e. The van der Waals surface area contributed by atoms with Crippen molar-refractivity contribution < 1.29 is 19.8 Å². The van der Waals surface area contributed by atoms with Crippen LogP contribution in [0.25, 0.3) is 33.2 Å². The second-order valence-electron chi connectivity index (χ2n) is 8.61. The van der Waals surface area contributed by atoms with Crippen molar-refractivity contribution in [2.24, 2.45) is 0 Å². The van der Waals surface area contributed by atoms with E-state index in [4.69, 9.17) is 4.98 Å². The number of phenolic OH excluding ortho intramolecular Hbond substituents is 1. The van der Waals surface area contributed by atoms with Crippen LogP contribution in [0, 0.1) is 0 Å². The van der Waals surface area contributed by atoms with E-state index in [-0.39, 0.29) is 11.7 Å². The number of carbonyl (C=O) groups is 2. The van der Waals surface area contributed by atoms with Gasteiger partial charge in [-0.25, -0.2) is 14.8 Å². The van der Waals surface area contributed by atoms with Crippen LogP contribution in [0.5, 0.6) is 5.75 Å². The summed E-state index contributed by atoms with van der Waals surface area (Å²) in [5, 5.41) is 30.7. The number of amides is 1. The lowest BCUT2D eigenvalue weighted by atomic mass is 10.1. The first-order valence-corrected chi connectivity index (χ1v) is 11.8. The fourth-order valence-electron chi connectivity index (χ4n) is 4.18. The van der Waals surface area contributed by atoms with Gasteiger partial charge in [0.25, 0.3) is 5.91 Å². The van der Waals surface area contributed by atoms with Crippen LogP contribution in [-0.4, -0.2) is 46.9 Å². The first kappa shape index (κ1) is 23.6. The van der Waals surface area contributed by atoms with Crippen molar-refractivity contribution in [3.63, 3.8) is 0 Å². The van der Waals surface area contributed by atoms with E-state index in [0.717, 1.165) is 4.68 Å². The standard InChI is InChI=1S/C28H19N7O4/c36-21-7-8-23-22(13-21)26(31-20-6-9-24-18(12-20)15-30-35(24)28(38)39)34-25(33-23)16-3-1-5-19(11-16)32-27(37)17-4-2-10-29-14-17/h1-15,36H,(H,32,37)(H,38,39)(H,31,33,34). The minimum atomic E-state index is -1.17. The molecule has 0 atom stereocenters. The number of carbonyl (C=O) groups excluding carboxylic acids is 1. The normalized spacial score (nSPS) is 11.0. The van der Waals surface area contributed by atoms with Crippen molar-refractivity contribution in [2.45, 2.75) is 0 Å². The summed E-state index contributed by atoms with van der Waals surface area (Å²) in [5.74, 6) is 0.591. The van der Waals surface area contributed by atoms with Crippen LogP contribution in [0.4, 0.5) is 22.0 Å². The van der Waals surface area contributed by atoms with Gasteiger partial charge in [0.2, 0.25) is 0 Å². The van der Waals surface area contributed by atoms with Gasteiger partial charge in [-0.1, -0.05) is 12.1 Å². The van der Waals surface area contributed by atoms with E-state index < -0.39 is 6.09 Å². The van der Waals surface area contributed by atoms with Crippen molar-refractivity contribution >= 4 is 51.0 Å². The zero-order valence-electron chi connectivity index (χ0n) is 20.1. The summed E-state index contributed by atoms with van der Waals surface area (Å²) in [5.41, 5.74) is 3.33. The van der Waals surface area contributed by atoms with Gasteiger partial charge < -0.3 is 20.8 Å². The third kappa shape index (κ3) is 4.67. The Kier molecular flexibility index (Phi) is 5.77. The zero-order chi connectivity index (χ0) is 26.9. The van der Waals surface area contributed by atoms with E-state index in [9.17, 15) is 19.8 Å². The van der Waals surface area contributed by atoms with Crippen LogP contribution < -0.4 is 10.6 Å². The van der Waals surface area contributed by atoms with E-state index in [1.807, 2.05) is 6.07 Å². The van der Waals surface area contributed by atoms with Crippen LogP contribution in [0.2, 0.25) is 0 Å². The molecule has 3 heterocycles. The zero-order valence-corrected chi connectivity index (χ0v) is 20.1. The van der Waals surface area contributed by atoms with Crippen LogP contribution in [0.1, 0.15) is 10.4 Å². The molecule has 39 heavy (non-hydrogen) atoms. The number of aromatic nitrogens is 5. The maximum absolute atomic E-state index is 12.6. The van der Waals surface area contributed by atoms with Gasteiger partial charge in [-0.15, -0.1) is 0 Å². The molecule has 0 unspecified atom stereocenters. The van der Waals surface area contributed by atoms with Crippen molar-refractivity contribution in [2.75, 3.05) is 10.6 Å². The largest absolute Gasteiger partial charge is 0.508 e. The van der Waals surface area contributed by atoms with Crippen LogP contribution >= 0.6 is 0 Å². The Morgan fingerprint density at radius 1 is 0.872 bits per heavy atom. The highest BCUT2D eigenvalue weighted by Gasteiger charge is 2.14. The number of fused-ring (bicyclic) bond motifs is 2. The van der Waals surface area contributed by atoms with Gasteiger partial charge in [0.05, 0.1) is 22.8 Å². The van der Waals surface area contributed by atoms with Crippen molar-refractivity contribution in [1.82, 2.24) is 24.7 Å². The van der Waals surface area contributed by atoms with E-state index in [2.05, 4.69) is 25.7 Å². The number of phenols is 1. The Balaban J connectivity index is 1.37. The van der Waals surface area contributed by atoms with Gasteiger partial charge in [-0.05, 0) is 60.7 Å². The second kappa shape index (κ2) is 9.56. The number of benzene rings is 3. The lowest BCUT2D eigenvalue weighted by molar-refractivity contribution is 0.102. The molecule has 0 aliphatic carbocycles. The predicted molar refractivity (Wildman–Crippen MR) is 145 cm³/mol. The van der Waals surface area contributed by atoms with Crippen molar-refractivity contribution in [1.29, 1.82) is 0 Å². The maximum Gasteiger partial charge on any atom is 0.432 e. The lowest BCUT2D eigenvalue weighted by Crippen LogP contribution is -2.12. The van der Waals surface area contributed by atoms with Crippen molar-refractivity contribution in [3.8, 4) is 17.1 Å². The third-order valence-electron chi connectivity index (χ3n) is 5.99. The van der Waals surface area contributed by atoms with E-state index in [1.54, 1.807) is 72.9 Å². The van der Waals surface area contributed by atoms with Gasteiger partial charge in [-0.3, -0.25) is 9.78 Å². The molecule has 3 aromatic carbocycles. The van der Waals surface area contributed by atoms with E-state index >= 15 is 0 Å². The molecule has 0 bridgehead atoms. The first-order valence-electron chi connectivity index (χ1n) is 11.8. The smallest absolute Gasteiger partial charge is 0.432 e. The molecule has 0 saturated carbocycles. The van der Waals surface area contributed by atoms with Crippen LogP contribution in [0.15, 0.2) is 91.4 Å². The number of nitrogens with one attached hydrogen (secondary N) is 2. The first-order chi connectivity index (χ1) is 18.9. The fraction of sp³-hybridized carbons (Fsp3) is 0. The molecule has 4 N–H and O–H groups in total. The topological polar surface area (TPSA) is 155 Å². The molecule has 0 aliphatic rings. The molecule has 1 amide bonds. The van der Waals surface area contributed by atoms with Crippen molar-refractivity contribution in [3.05, 3.63) is 97.0 Å². The summed E-state index contributed by atoms with van der Waals surface area (Å²) in [6, 6.07) is 20.4. The number of carboxylic acid groups (broad SMARTS) is 1. The Bertz CT molecular complexity index is 1890. The van der Waals surface area contributed by atoms with Crippen LogP contribution in [0.3, 0.4) is 0 Å². The molecule has 6 aromatic rings. The van der Waals surface area contributed by atoms with Gasteiger partial charge in [-0.2, -0.15) is 9.78 Å². The summed E-state index contributed by atoms with van der Waals surface area (Å²) in [4.78, 5) is 37.4. The molecule has 190 valence electrons. The number of pyridine rings is 1. The number of hydrogen-bond acceptors (Lipinski definition) is 8. The molecule has 11 heteroatoms. The second-order valence-corrected chi connectivity index (χ2v) is 8.61. The van der Waals surface area contributed by atoms with Gasteiger partial charge in [0.1, 0.15) is 11.6 Å². The Hall–Kier alpha value is -5.84. The predicted octanol–water partition coefficient (Wildman–Crippen LogP) is 5.27. The third-order valence-corrected chi connectivity index (χ3v) is 5.99. The Morgan fingerprint density at radius 2 is 1.77 bits per heavy atom. The summed E-state index contributed by atoms with van der Waals surface area (Å²) in [6.07, 6.45) is 3.38. The van der Waals surface area contributed by atoms with Gasteiger partial charge >= 0.3 is 6.09 Å². The minimum absolute atomic E-state index is 0.0557. The SMILES string of the molecule is O=C(Nc1cccc(-c2nc(Nc3ccc4c(cnn4C(=O)O)c3)c3cc(O)ccc3n2)c1)c1cccnc1. The monoisotopic (exact) mass is 517 g/mol.